The van der Waals surface area contributed by atoms with Crippen molar-refractivity contribution in [1.82, 2.24) is 0 Å². The van der Waals surface area contributed by atoms with E-state index in [1.54, 1.807) is 30.3 Å². The molecule has 0 fully saturated rings. The number of nitrogens with zero attached hydrogens (tertiary/aromatic N) is 2. The van der Waals surface area contributed by atoms with Crippen LogP contribution in [0.5, 0.6) is 11.5 Å². The molecule has 0 bridgehead atoms. The van der Waals surface area contributed by atoms with Gasteiger partial charge in [-0.2, -0.15) is 5.26 Å². The lowest BCUT2D eigenvalue weighted by Crippen LogP contribution is -1.94. The van der Waals surface area contributed by atoms with E-state index in [2.05, 4.69) is 15.9 Å². The number of rotatable bonds is 3. The molecule has 0 spiro atoms. The Hall–Kier alpha value is -2.39. The number of benzene rings is 2. The summed E-state index contributed by atoms with van der Waals surface area (Å²) >= 11 is 3.23. The monoisotopic (exact) mass is 318 g/mol. The van der Waals surface area contributed by atoms with E-state index in [4.69, 9.17) is 10.00 Å². The molecule has 0 N–H and O–H groups in total. The van der Waals surface area contributed by atoms with E-state index in [0.717, 1.165) is 0 Å². The van der Waals surface area contributed by atoms with Crippen LogP contribution in [0.1, 0.15) is 5.56 Å². The zero-order valence-corrected chi connectivity index (χ0v) is 11.1. The Bertz CT molecular complexity index is 680. The molecule has 0 heterocycles. The summed E-state index contributed by atoms with van der Waals surface area (Å²) in [7, 11) is 0. The third-order valence-corrected chi connectivity index (χ3v) is 3.03. The third kappa shape index (κ3) is 2.72. The topological polar surface area (TPSA) is 76.2 Å². The minimum atomic E-state index is -0.528. The minimum Gasteiger partial charge on any atom is -0.449 e. The molecule has 0 aliphatic carbocycles. The molecule has 2 aromatic carbocycles. The van der Waals surface area contributed by atoms with Gasteiger partial charge >= 0.3 is 5.69 Å². The standard InChI is InChI=1S/C13H7BrN2O3/c14-10-4-3-7-12(9(10)8-15)19-13-6-2-1-5-11(13)16(17)18/h1-7H. The molecule has 94 valence electrons. The maximum absolute atomic E-state index is 10.9. The van der Waals surface area contributed by atoms with Gasteiger partial charge in [-0.3, -0.25) is 10.1 Å². The summed E-state index contributed by atoms with van der Waals surface area (Å²) < 4.78 is 6.05. The van der Waals surface area contributed by atoms with Gasteiger partial charge < -0.3 is 4.74 Å². The van der Waals surface area contributed by atoms with Crippen molar-refractivity contribution in [1.29, 1.82) is 5.26 Å². The van der Waals surface area contributed by atoms with Crippen molar-refractivity contribution >= 4 is 21.6 Å². The number of ether oxygens (including phenoxy) is 1. The van der Waals surface area contributed by atoms with Gasteiger partial charge in [0, 0.05) is 10.5 Å². The van der Waals surface area contributed by atoms with Crippen LogP contribution < -0.4 is 4.74 Å². The molecule has 0 saturated carbocycles. The highest BCUT2D eigenvalue weighted by Gasteiger charge is 2.16. The number of nitriles is 1. The first-order valence-electron chi connectivity index (χ1n) is 5.23. The van der Waals surface area contributed by atoms with E-state index < -0.39 is 4.92 Å². The van der Waals surface area contributed by atoms with E-state index in [9.17, 15) is 10.1 Å². The molecule has 0 amide bonds. The number of hydrogen-bond donors (Lipinski definition) is 0. The van der Waals surface area contributed by atoms with Gasteiger partial charge in [-0.15, -0.1) is 0 Å². The van der Waals surface area contributed by atoms with Gasteiger partial charge in [0.2, 0.25) is 5.75 Å². The van der Waals surface area contributed by atoms with Crippen molar-refractivity contribution in [3.05, 3.63) is 62.6 Å². The van der Waals surface area contributed by atoms with Crippen LogP contribution in [-0.4, -0.2) is 4.92 Å². The fourth-order valence-corrected chi connectivity index (χ4v) is 1.95. The van der Waals surface area contributed by atoms with Crippen LogP contribution >= 0.6 is 15.9 Å². The first kappa shape index (κ1) is 13.1. The Morgan fingerprint density at radius 1 is 1.16 bits per heavy atom. The second-order valence-electron chi connectivity index (χ2n) is 3.55. The molecule has 0 aliphatic heterocycles. The van der Waals surface area contributed by atoms with Gasteiger partial charge in [0.1, 0.15) is 17.4 Å². The van der Waals surface area contributed by atoms with Crippen molar-refractivity contribution in [2.75, 3.05) is 0 Å². The summed E-state index contributed by atoms with van der Waals surface area (Å²) in [5.41, 5.74) is 0.145. The van der Waals surface area contributed by atoms with E-state index in [0.29, 0.717) is 10.0 Å². The summed E-state index contributed by atoms with van der Waals surface area (Å²) in [5.74, 6) is 0.369. The average molecular weight is 319 g/mol. The van der Waals surface area contributed by atoms with Crippen molar-refractivity contribution in [3.63, 3.8) is 0 Å². The van der Waals surface area contributed by atoms with Crippen LogP contribution in [0.3, 0.4) is 0 Å². The van der Waals surface area contributed by atoms with Crippen molar-refractivity contribution in [2.24, 2.45) is 0 Å². The SMILES string of the molecule is N#Cc1c(Br)cccc1Oc1ccccc1[N+](=O)[O-]. The lowest BCUT2D eigenvalue weighted by molar-refractivity contribution is -0.385. The molecular formula is C13H7BrN2O3. The van der Waals surface area contributed by atoms with E-state index >= 15 is 0 Å². The van der Waals surface area contributed by atoms with Gasteiger partial charge in [-0.25, -0.2) is 0 Å². The third-order valence-electron chi connectivity index (χ3n) is 2.37. The average Bonchev–Trinajstić information content (AvgIpc) is 2.39. The number of nitro groups is 1. The van der Waals surface area contributed by atoms with Crippen molar-refractivity contribution in [3.8, 4) is 17.6 Å². The molecule has 6 heteroatoms. The van der Waals surface area contributed by atoms with Crippen LogP contribution in [0, 0.1) is 21.4 Å². The lowest BCUT2D eigenvalue weighted by atomic mass is 10.2. The van der Waals surface area contributed by atoms with Crippen molar-refractivity contribution < 1.29 is 9.66 Å². The second-order valence-corrected chi connectivity index (χ2v) is 4.41. The maximum atomic E-state index is 10.9. The number of nitro benzene ring substituents is 1. The highest BCUT2D eigenvalue weighted by Crippen LogP contribution is 2.34. The smallest absolute Gasteiger partial charge is 0.311 e. The number of halogens is 1. The number of hydrogen-bond acceptors (Lipinski definition) is 4. The summed E-state index contributed by atoms with van der Waals surface area (Å²) in [4.78, 5) is 10.4. The van der Waals surface area contributed by atoms with E-state index in [-0.39, 0.29) is 17.2 Å². The molecule has 0 aliphatic rings. The Balaban J connectivity index is 2.46. The molecule has 0 saturated heterocycles. The largest absolute Gasteiger partial charge is 0.449 e. The number of para-hydroxylation sites is 2. The summed E-state index contributed by atoms with van der Waals surface area (Å²) in [6.45, 7) is 0. The van der Waals surface area contributed by atoms with E-state index in [1.165, 1.54) is 12.1 Å². The molecule has 0 radical (unpaired) electrons. The molecule has 5 nitrogen and oxygen atoms in total. The second kappa shape index (κ2) is 5.50. The Morgan fingerprint density at radius 3 is 2.53 bits per heavy atom. The summed E-state index contributed by atoms with van der Waals surface area (Å²) in [6, 6.07) is 13.0. The normalized spacial score (nSPS) is 9.68. The van der Waals surface area contributed by atoms with Crippen LogP contribution in [0.4, 0.5) is 5.69 Å². The quantitative estimate of drug-likeness (QED) is 0.632. The van der Waals surface area contributed by atoms with Gasteiger partial charge in [0.25, 0.3) is 0 Å². The zero-order valence-electron chi connectivity index (χ0n) is 9.54. The van der Waals surface area contributed by atoms with E-state index in [1.807, 2.05) is 6.07 Å². The molecule has 0 unspecified atom stereocenters. The highest BCUT2D eigenvalue weighted by molar-refractivity contribution is 9.10. The minimum absolute atomic E-state index is 0.0992. The summed E-state index contributed by atoms with van der Waals surface area (Å²) in [6.07, 6.45) is 0. The Labute approximate surface area is 117 Å². The first-order valence-corrected chi connectivity index (χ1v) is 6.02. The Morgan fingerprint density at radius 2 is 1.84 bits per heavy atom. The highest BCUT2D eigenvalue weighted by atomic mass is 79.9. The van der Waals surface area contributed by atoms with Gasteiger partial charge in [-0.05, 0) is 34.1 Å². The van der Waals surface area contributed by atoms with Crippen LogP contribution in [0.15, 0.2) is 46.9 Å². The first-order chi connectivity index (χ1) is 9.13. The summed E-state index contributed by atoms with van der Waals surface area (Å²) in [5, 5.41) is 19.9. The zero-order chi connectivity index (χ0) is 13.8. The molecule has 2 aromatic rings. The van der Waals surface area contributed by atoms with Gasteiger partial charge in [-0.1, -0.05) is 18.2 Å². The predicted molar refractivity (Wildman–Crippen MR) is 72.0 cm³/mol. The maximum Gasteiger partial charge on any atom is 0.311 e. The molecule has 19 heavy (non-hydrogen) atoms. The molecule has 2 rings (SSSR count). The van der Waals surface area contributed by atoms with Gasteiger partial charge in [0.15, 0.2) is 0 Å². The van der Waals surface area contributed by atoms with Crippen LogP contribution in [0.2, 0.25) is 0 Å². The lowest BCUT2D eigenvalue weighted by Gasteiger charge is -2.08. The van der Waals surface area contributed by atoms with Crippen LogP contribution in [0.25, 0.3) is 0 Å². The molecule has 0 aromatic heterocycles. The molecular weight excluding hydrogens is 312 g/mol. The Kier molecular flexibility index (Phi) is 3.78. The fraction of sp³-hybridized carbons (Fsp3) is 0. The fourth-order valence-electron chi connectivity index (χ4n) is 1.51. The van der Waals surface area contributed by atoms with Crippen LogP contribution in [-0.2, 0) is 0 Å². The van der Waals surface area contributed by atoms with Crippen molar-refractivity contribution in [2.45, 2.75) is 0 Å². The predicted octanol–water partition coefficient (Wildman–Crippen LogP) is 4.02. The van der Waals surface area contributed by atoms with Gasteiger partial charge in [0.05, 0.1) is 4.92 Å². The molecule has 0 atom stereocenters.